The van der Waals surface area contributed by atoms with Crippen LogP contribution in [-0.4, -0.2) is 21.6 Å². The van der Waals surface area contributed by atoms with E-state index in [0.717, 1.165) is 6.08 Å². The summed E-state index contributed by atoms with van der Waals surface area (Å²) in [6.45, 7) is 1.38. The minimum atomic E-state index is -1.08. The molecule has 4 nitrogen and oxygen atoms in total. The van der Waals surface area contributed by atoms with Gasteiger partial charge in [0.1, 0.15) is 0 Å². The van der Waals surface area contributed by atoms with E-state index in [0.29, 0.717) is 0 Å². The Hall–Kier alpha value is -1.84. The summed E-state index contributed by atoms with van der Waals surface area (Å²) in [5.41, 5.74) is 0.0266. The number of nitrogens with zero attached hydrogens (tertiary/aromatic N) is 1. The van der Waals surface area contributed by atoms with Gasteiger partial charge in [-0.15, -0.1) is 0 Å². The molecule has 1 N–H and O–H groups in total. The Bertz CT molecular complexity index is 349. The van der Waals surface area contributed by atoms with Gasteiger partial charge in [-0.25, -0.2) is 4.79 Å². The highest BCUT2D eigenvalue weighted by Gasteiger charge is 2.04. The standard InChI is InChI=1S/C9H9NO3/c1-7(9(12)13)6-8(11)10-4-2-3-5-10/h2-6H,1H3,(H,12,13). The minimum Gasteiger partial charge on any atom is -0.478 e. The summed E-state index contributed by atoms with van der Waals surface area (Å²) < 4.78 is 1.31. The third-order valence-electron chi connectivity index (χ3n) is 1.54. The van der Waals surface area contributed by atoms with Crippen molar-refractivity contribution in [3.05, 3.63) is 36.2 Å². The molecule has 1 heterocycles. The van der Waals surface area contributed by atoms with Crippen molar-refractivity contribution in [3.8, 4) is 0 Å². The van der Waals surface area contributed by atoms with Crippen LogP contribution in [0.15, 0.2) is 36.2 Å². The summed E-state index contributed by atoms with van der Waals surface area (Å²) in [7, 11) is 0. The fraction of sp³-hybridized carbons (Fsp3) is 0.111. The molecule has 0 amide bonds. The van der Waals surface area contributed by atoms with Crippen LogP contribution in [0.25, 0.3) is 0 Å². The number of carbonyl (C=O) groups excluding carboxylic acids is 1. The van der Waals surface area contributed by atoms with Crippen molar-refractivity contribution in [1.29, 1.82) is 0 Å². The molecule has 0 aliphatic rings. The van der Waals surface area contributed by atoms with Crippen molar-refractivity contribution >= 4 is 11.9 Å². The van der Waals surface area contributed by atoms with Crippen molar-refractivity contribution in [1.82, 2.24) is 4.57 Å². The van der Waals surface area contributed by atoms with Crippen molar-refractivity contribution in [2.45, 2.75) is 6.92 Å². The number of carboxylic acids is 1. The largest absolute Gasteiger partial charge is 0.478 e. The van der Waals surface area contributed by atoms with Crippen LogP contribution in [0.2, 0.25) is 0 Å². The lowest BCUT2D eigenvalue weighted by Crippen LogP contribution is -2.07. The lowest BCUT2D eigenvalue weighted by atomic mass is 10.3. The molecule has 0 atom stereocenters. The zero-order chi connectivity index (χ0) is 9.84. The van der Waals surface area contributed by atoms with Gasteiger partial charge in [0.15, 0.2) is 0 Å². The molecule has 1 rings (SSSR count). The van der Waals surface area contributed by atoms with Crippen molar-refractivity contribution in [2.24, 2.45) is 0 Å². The van der Waals surface area contributed by atoms with Gasteiger partial charge in [0.25, 0.3) is 5.91 Å². The summed E-state index contributed by atoms with van der Waals surface area (Å²) in [6.07, 6.45) is 4.21. The second kappa shape index (κ2) is 3.71. The average Bonchev–Trinajstić information content (AvgIpc) is 2.55. The molecule has 0 bridgehead atoms. The topological polar surface area (TPSA) is 59.3 Å². The third kappa shape index (κ3) is 2.30. The molecule has 0 aliphatic heterocycles. The van der Waals surface area contributed by atoms with Gasteiger partial charge >= 0.3 is 5.97 Å². The minimum absolute atomic E-state index is 0.0266. The molecule has 0 spiro atoms. The first kappa shape index (κ1) is 9.25. The van der Waals surface area contributed by atoms with Gasteiger partial charge < -0.3 is 5.11 Å². The Morgan fingerprint density at radius 1 is 1.31 bits per heavy atom. The molecular formula is C9H9NO3. The fourth-order valence-electron chi connectivity index (χ4n) is 0.803. The van der Waals surface area contributed by atoms with Crippen LogP contribution in [-0.2, 0) is 4.79 Å². The lowest BCUT2D eigenvalue weighted by molar-refractivity contribution is -0.132. The number of carboxylic acid groups (broad SMARTS) is 1. The molecule has 0 aliphatic carbocycles. The second-order valence-electron chi connectivity index (χ2n) is 2.56. The highest BCUT2D eigenvalue weighted by atomic mass is 16.4. The zero-order valence-electron chi connectivity index (χ0n) is 7.10. The number of hydrogen-bond donors (Lipinski definition) is 1. The van der Waals surface area contributed by atoms with Crippen LogP contribution in [0.1, 0.15) is 11.7 Å². The zero-order valence-corrected chi connectivity index (χ0v) is 7.10. The van der Waals surface area contributed by atoms with Gasteiger partial charge in [-0.3, -0.25) is 9.36 Å². The molecule has 0 radical (unpaired) electrons. The van der Waals surface area contributed by atoms with Crippen molar-refractivity contribution in [3.63, 3.8) is 0 Å². The molecular weight excluding hydrogens is 170 g/mol. The molecule has 0 fully saturated rings. The highest BCUT2D eigenvalue weighted by Crippen LogP contribution is 1.96. The second-order valence-corrected chi connectivity index (χ2v) is 2.56. The Balaban J connectivity index is 2.82. The molecule has 13 heavy (non-hydrogen) atoms. The number of aromatic nitrogens is 1. The van der Waals surface area contributed by atoms with Gasteiger partial charge in [0.2, 0.25) is 0 Å². The molecule has 1 aromatic rings. The van der Waals surface area contributed by atoms with Crippen LogP contribution >= 0.6 is 0 Å². The molecule has 68 valence electrons. The number of aliphatic carboxylic acids is 1. The van der Waals surface area contributed by atoms with E-state index < -0.39 is 5.97 Å². The first-order valence-corrected chi connectivity index (χ1v) is 3.70. The maximum atomic E-state index is 11.2. The van der Waals surface area contributed by atoms with Crippen LogP contribution in [0.5, 0.6) is 0 Å². The number of hydrogen-bond acceptors (Lipinski definition) is 2. The van der Waals surface area contributed by atoms with Crippen molar-refractivity contribution in [2.75, 3.05) is 0 Å². The Morgan fingerprint density at radius 3 is 2.31 bits per heavy atom. The van der Waals surface area contributed by atoms with Gasteiger partial charge in [-0.2, -0.15) is 0 Å². The number of rotatable bonds is 2. The molecule has 0 aromatic carbocycles. The van der Waals surface area contributed by atoms with Crippen LogP contribution in [0.3, 0.4) is 0 Å². The maximum absolute atomic E-state index is 11.2. The van der Waals surface area contributed by atoms with Gasteiger partial charge in [0.05, 0.1) is 0 Å². The molecule has 0 unspecified atom stereocenters. The fourth-order valence-corrected chi connectivity index (χ4v) is 0.803. The normalized spacial score (nSPS) is 11.3. The summed E-state index contributed by atoms with van der Waals surface area (Å²) in [5.74, 6) is -1.44. The van der Waals surface area contributed by atoms with Gasteiger partial charge in [-0.05, 0) is 19.1 Å². The molecule has 0 saturated carbocycles. The van der Waals surface area contributed by atoms with E-state index in [9.17, 15) is 9.59 Å². The predicted octanol–water partition coefficient (Wildman–Crippen LogP) is 1.16. The SMILES string of the molecule is CC(=CC(=O)n1cccc1)C(=O)O. The van der Waals surface area contributed by atoms with E-state index in [1.54, 1.807) is 24.5 Å². The summed E-state index contributed by atoms with van der Waals surface area (Å²) in [4.78, 5) is 21.6. The Labute approximate surface area is 75.1 Å². The first-order valence-electron chi connectivity index (χ1n) is 3.70. The highest BCUT2D eigenvalue weighted by molar-refractivity contribution is 5.98. The number of allylic oxidation sites excluding steroid dienone is 1. The summed E-state index contributed by atoms with van der Waals surface area (Å²) >= 11 is 0. The predicted molar refractivity (Wildman–Crippen MR) is 46.5 cm³/mol. The van der Waals surface area contributed by atoms with E-state index >= 15 is 0 Å². The van der Waals surface area contributed by atoms with E-state index in [4.69, 9.17) is 5.11 Å². The van der Waals surface area contributed by atoms with E-state index in [1.165, 1.54) is 11.5 Å². The first-order chi connectivity index (χ1) is 6.11. The van der Waals surface area contributed by atoms with Crippen LogP contribution < -0.4 is 0 Å². The molecule has 0 saturated heterocycles. The smallest absolute Gasteiger partial charge is 0.331 e. The summed E-state index contributed by atoms with van der Waals surface area (Å²) in [5, 5.41) is 8.50. The number of carbonyl (C=O) groups is 2. The van der Waals surface area contributed by atoms with Crippen molar-refractivity contribution < 1.29 is 14.7 Å². The Kier molecular flexibility index (Phi) is 2.64. The Morgan fingerprint density at radius 2 is 1.85 bits per heavy atom. The molecule has 4 heteroatoms. The van der Waals surface area contributed by atoms with Crippen LogP contribution in [0, 0.1) is 0 Å². The quantitative estimate of drug-likeness (QED) is 0.693. The molecule has 1 aromatic heterocycles. The average molecular weight is 179 g/mol. The maximum Gasteiger partial charge on any atom is 0.331 e. The van der Waals surface area contributed by atoms with E-state index in [1.807, 2.05) is 0 Å². The van der Waals surface area contributed by atoms with E-state index in [2.05, 4.69) is 0 Å². The monoisotopic (exact) mass is 179 g/mol. The van der Waals surface area contributed by atoms with Crippen LogP contribution in [0.4, 0.5) is 0 Å². The third-order valence-corrected chi connectivity index (χ3v) is 1.54. The lowest BCUT2D eigenvalue weighted by Gasteiger charge is -1.95. The van der Waals surface area contributed by atoms with Gasteiger partial charge in [-0.1, -0.05) is 0 Å². The van der Waals surface area contributed by atoms with Gasteiger partial charge in [0, 0.05) is 24.0 Å². The summed E-state index contributed by atoms with van der Waals surface area (Å²) in [6, 6.07) is 3.39. The van der Waals surface area contributed by atoms with E-state index in [-0.39, 0.29) is 11.5 Å².